The summed E-state index contributed by atoms with van der Waals surface area (Å²) in [5.74, 6) is -0.871. The van der Waals surface area contributed by atoms with Gasteiger partial charge in [0.25, 0.3) is 0 Å². The molecule has 0 N–H and O–H groups in total. The molecule has 0 aliphatic rings. The molecule has 0 radical (unpaired) electrons. The summed E-state index contributed by atoms with van der Waals surface area (Å²) in [5.41, 5.74) is 0. The summed E-state index contributed by atoms with van der Waals surface area (Å²) < 4.78 is 16.9. The van der Waals surface area contributed by atoms with Crippen molar-refractivity contribution in [2.24, 2.45) is 0 Å². The summed E-state index contributed by atoms with van der Waals surface area (Å²) in [4.78, 5) is 38.1. The smallest absolute Gasteiger partial charge is 0.306 e. The van der Waals surface area contributed by atoms with Crippen LogP contribution in [0.2, 0.25) is 0 Å². The van der Waals surface area contributed by atoms with Crippen molar-refractivity contribution in [3.05, 3.63) is 24.3 Å². The van der Waals surface area contributed by atoms with E-state index >= 15 is 0 Å². The lowest BCUT2D eigenvalue weighted by atomic mass is 10.0. The van der Waals surface area contributed by atoms with Gasteiger partial charge in [0.15, 0.2) is 6.10 Å². The van der Waals surface area contributed by atoms with Crippen molar-refractivity contribution in [3.8, 4) is 0 Å². The van der Waals surface area contributed by atoms with Gasteiger partial charge in [-0.1, -0.05) is 295 Å². The maximum atomic E-state index is 12.8. The molecule has 1 atom stereocenters. The normalized spacial score (nSPS) is 12.1. The number of ether oxygens (including phenoxy) is 3. The minimum Gasteiger partial charge on any atom is -0.462 e. The van der Waals surface area contributed by atoms with Crippen LogP contribution in [0.4, 0.5) is 0 Å². The SMILES string of the molecule is CCCC/C=C\CCCCCCCC(=O)OCC(COC(=O)CCCCCCCCCCCCCCCCCCCCCCCCCCCCCC)OC(=O)CCCCCCC/C=C\CCCCCCC. The monoisotopic (exact) mass is 999 g/mol. The first-order valence-electron chi connectivity index (χ1n) is 31.8. The lowest BCUT2D eigenvalue weighted by Gasteiger charge is -2.18. The molecule has 0 aromatic heterocycles. The number of carbonyl (C=O) groups is 3. The van der Waals surface area contributed by atoms with Crippen LogP contribution in [0.15, 0.2) is 24.3 Å². The molecule has 0 fully saturated rings. The van der Waals surface area contributed by atoms with Gasteiger partial charge in [0.2, 0.25) is 0 Å². The zero-order valence-electron chi connectivity index (χ0n) is 48.0. The molecule has 0 aliphatic carbocycles. The van der Waals surface area contributed by atoms with Crippen LogP contribution in [-0.4, -0.2) is 37.2 Å². The van der Waals surface area contributed by atoms with Gasteiger partial charge in [0, 0.05) is 19.3 Å². The summed E-state index contributed by atoms with van der Waals surface area (Å²) >= 11 is 0. The molecule has 0 aliphatic heterocycles. The van der Waals surface area contributed by atoms with E-state index < -0.39 is 6.10 Å². The zero-order valence-corrected chi connectivity index (χ0v) is 48.0. The fraction of sp³-hybridized carbons (Fsp3) is 0.892. The summed E-state index contributed by atoms with van der Waals surface area (Å²) in [7, 11) is 0. The van der Waals surface area contributed by atoms with E-state index in [1.54, 1.807) is 0 Å². The van der Waals surface area contributed by atoms with E-state index in [9.17, 15) is 14.4 Å². The maximum Gasteiger partial charge on any atom is 0.306 e. The Morgan fingerprint density at radius 1 is 0.268 bits per heavy atom. The Balaban J connectivity index is 4.11. The fourth-order valence-electron chi connectivity index (χ4n) is 9.60. The van der Waals surface area contributed by atoms with E-state index in [1.165, 1.54) is 244 Å². The van der Waals surface area contributed by atoms with Crippen molar-refractivity contribution in [1.29, 1.82) is 0 Å². The van der Waals surface area contributed by atoms with Crippen LogP contribution >= 0.6 is 0 Å². The first-order valence-corrected chi connectivity index (χ1v) is 31.8. The standard InChI is InChI=1S/C65H122O6/c1-4-7-10-13-16-19-22-24-26-27-28-29-30-31-32-33-34-35-36-37-38-39-41-43-46-49-52-55-58-64(67)70-61-62(60-69-63(66)57-54-51-48-45-42-21-18-15-12-9-6-3)71-65(68)59-56-53-50-47-44-40-25-23-20-17-14-11-8-5-2/h15,18,23,25,62H,4-14,16-17,19-22,24,26-61H2,1-3H3/b18-15-,25-23-. The Labute approximate surface area is 443 Å². The van der Waals surface area contributed by atoms with Gasteiger partial charge in [0.05, 0.1) is 0 Å². The van der Waals surface area contributed by atoms with Crippen LogP contribution in [0.5, 0.6) is 0 Å². The zero-order chi connectivity index (χ0) is 51.4. The van der Waals surface area contributed by atoms with E-state index in [1.807, 2.05) is 0 Å². The second kappa shape index (κ2) is 60.4. The molecule has 0 spiro atoms. The minimum atomic E-state index is -0.775. The molecule has 0 rings (SSSR count). The van der Waals surface area contributed by atoms with Gasteiger partial charge in [-0.15, -0.1) is 0 Å². The predicted molar refractivity (Wildman–Crippen MR) is 307 cm³/mol. The van der Waals surface area contributed by atoms with E-state index in [2.05, 4.69) is 45.1 Å². The predicted octanol–water partition coefficient (Wildman–Crippen LogP) is 21.4. The molecule has 6 nitrogen and oxygen atoms in total. The van der Waals surface area contributed by atoms with Gasteiger partial charge in [-0.05, 0) is 64.2 Å². The van der Waals surface area contributed by atoms with Crippen LogP contribution in [-0.2, 0) is 28.6 Å². The van der Waals surface area contributed by atoms with Gasteiger partial charge >= 0.3 is 17.9 Å². The number of rotatable bonds is 59. The van der Waals surface area contributed by atoms with Crippen molar-refractivity contribution in [1.82, 2.24) is 0 Å². The number of hydrogen-bond acceptors (Lipinski definition) is 6. The minimum absolute atomic E-state index is 0.0729. The maximum absolute atomic E-state index is 12.8. The highest BCUT2D eigenvalue weighted by atomic mass is 16.6. The highest BCUT2D eigenvalue weighted by Crippen LogP contribution is 2.18. The largest absolute Gasteiger partial charge is 0.462 e. The quantitative estimate of drug-likeness (QED) is 0.0261. The number of esters is 3. The van der Waals surface area contributed by atoms with Crippen LogP contribution < -0.4 is 0 Å². The molecule has 1 unspecified atom stereocenters. The Kier molecular flexibility index (Phi) is 58.6. The number of unbranched alkanes of at least 4 members (excludes halogenated alkanes) is 44. The lowest BCUT2D eigenvalue weighted by molar-refractivity contribution is -0.167. The molecule has 0 amide bonds. The van der Waals surface area contributed by atoms with Crippen molar-refractivity contribution in [2.45, 2.75) is 361 Å². The number of carbonyl (C=O) groups excluding carboxylic acids is 3. The van der Waals surface area contributed by atoms with Gasteiger partial charge in [-0.25, -0.2) is 0 Å². The lowest BCUT2D eigenvalue weighted by Crippen LogP contribution is -2.30. The molecule has 71 heavy (non-hydrogen) atoms. The molecule has 0 bridgehead atoms. The van der Waals surface area contributed by atoms with E-state index in [-0.39, 0.29) is 31.1 Å². The van der Waals surface area contributed by atoms with Crippen molar-refractivity contribution < 1.29 is 28.6 Å². The number of hydrogen-bond donors (Lipinski definition) is 0. The summed E-state index contributed by atoms with van der Waals surface area (Å²) in [6.07, 6.45) is 72.1. The first-order chi connectivity index (χ1) is 35.0. The van der Waals surface area contributed by atoms with E-state index in [0.29, 0.717) is 19.3 Å². The van der Waals surface area contributed by atoms with Gasteiger partial charge in [-0.2, -0.15) is 0 Å². The van der Waals surface area contributed by atoms with Gasteiger partial charge in [-0.3, -0.25) is 14.4 Å². The molecular formula is C65H122O6. The van der Waals surface area contributed by atoms with Crippen LogP contribution in [0.1, 0.15) is 355 Å². The van der Waals surface area contributed by atoms with Gasteiger partial charge < -0.3 is 14.2 Å². The molecule has 0 aromatic rings. The fourth-order valence-corrected chi connectivity index (χ4v) is 9.60. The summed E-state index contributed by atoms with van der Waals surface area (Å²) in [5, 5.41) is 0. The Morgan fingerprint density at radius 2 is 0.479 bits per heavy atom. The highest BCUT2D eigenvalue weighted by molar-refractivity contribution is 5.71. The van der Waals surface area contributed by atoms with Crippen molar-refractivity contribution in [3.63, 3.8) is 0 Å². The average Bonchev–Trinajstić information content (AvgIpc) is 3.37. The molecule has 418 valence electrons. The van der Waals surface area contributed by atoms with Crippen LogP contribution in [0.3, 0.4) is 0 Å². The van der Waals surface area contributed by atoms with Crippen LogP contribution in [0, 0.1) is 0 Å². The second-order valence-electron chi connectivity index (χ2n) is 21.7. The topological polar surface area (TPSA) is 78.9 Å². The number of allylic oxidation sites excluding steroid dienone is 4. The molecular weight excluding hydrogens is 877 g/mol. The van der Waals surface area contributed by atoms with Crippen molar-refractivity contribution >= 4 is 17.9 Å². The van der Waals surface area contributed by atoms with Crippen molar-refractivity contribution in [2.75, 3.05) is 13.2 Å². The molecule has 0 heterocycles. The third kappa shape index (κ3) is 58.7. The van der Waals surface area contributed by atoms with E-state index in [0.717, 1.165) is 70.6 Å². The summed E-state index contributed by atoms with van der Waals surface area (Å²) in [6.45, 7) is 6.63. The highest BCUT2D eigenvalue weighted by Gasteiger charge is 2.19. The molecule has 0 saturated heterocycles. The Bertz CT molecular complexity index is 1150. The van der Waals surface area contributed by atoms with Crippen LogP contribution in [0.25, 0.3) is 0 Å². The van der Waals surface area contributed by atoms with Gasteiger partial charge in [0.1, 0.15) is 13.2 Å². The third-order valence-corrected chi connectivity index (χ3v) is 14.4. The summed E-state index contributed by atoms with van der Waals surface area (Å²) in [6, 6.07) is 0. The molecule has 0 saturated carbocycles. The molecule has 6 heteroatoms. The first kappa shape index (κ1) is 68.9. The second-order valence-corrected chi connectivity index (χ2v) is 21.7. The third-order valence-electron chi connectivity index (χ3n) is 14.4. The Hall–Kier alpha value is -2.11. The Morgan fingerprint density at radius 3 is 0.746 bits per heavy atom. The van der Waals surface area contributed by atoms with E-state index in [4.69, 9.17) is 14.2 Å². The molecule has 0 aromatic carbocycles. The average molecular weight is 1000 g/mol.